The Labute approximate surface area is 212 Å². The Hall–Kier alpha value is -2.75. The van der Waals surface area contributed by atoms with E-state index in [1.54, 1.807) is 60.7 Å². The van der Waals surface area contributed by atoms with Crippen molar-refractivity contribution in [2.45, 2.75) is 11.8 Å². The number of carbonyl (C=O) groups is 1. The molecule has 0 aliphatic heterocycles. The number of nitrogens with zero attached hydrogens (tertiary/aromatic N) is 1. The molecule has 34 heavy (non-hydrogen) atoms. The van der Waals surface area contributed by atoms with Crippen LogP contribution in [0.5, 0.6) is 11.5 Å². The summed E-state index contributed by atoms with van der Waals surface area (Å²) in [4.78, 5) is 12.7. The van der Waals surface area contributed by atoms with Gasteiger partial charge in [0, 0.05) is 9.50 Å². The molecule has 7 nitrogen and oxygen atoms in total. The topological polar surface area (TPSA) is 84.9 Å². The summed E-state index contributed by atoms with van der Waals surface area (Å²) in [5.41, 5.74) is 0.346. The van der Waals surface area contributed by atoms with Crippen LogP contribution in [0.15, 0.2) is 82.2 Å². The summed E-state index contributed by atoms with van der Waals surface area (Å²) >= 11 is 9.16. The van der Waals surface area contributed by atoms with Gasteiger partial charge in [-0.25, -0.2) is 8.42 Å². The van der Waals surface area contributed by atoms with Crippen molar-refractivity contribution < 1.29 is 22.7 Å². The Balaban J connectivity index is 1.71. The van der Waals surface area contributed by atoms with Crippen LogP contribution in [0.2, 0.25) is 5.02 Å². The van der Waals surface area contributed by atoms with E-state index in [4.69, 9.17) is 21.1 Å². The van der Waals surface area contributed by atoms with Gasteiger partial charge in [0.05, 0.1) is 23.7 Å². The van der Waals surface area contributed by atoms with Crippen LogP contribution in [-0.2, 0) is 14.8 Å². The Morgan fingerprint density at radius 3 is 2.15 bits per heavy atom. The second kappa shape index (κ2) is 12.1. The lowest BCUT2D eigenvalue weighted by atomic mass is 10.3. The summed E-state index contributed by atoms with van der Waals surface area (Å²) in [7, 11) is -4.00. The van der Waals surface area contributed by atoms with Crippen molar-refractivity contribution in [1.29, 1.82) is 0 Å². The normalized spacial score (nSPS) is 11.0. The standard InChI is InChI=1S/C24H24BrClN2O5S/c1-2-32-21-11-7-20(8-12-21)28(34(30,31)23-13-3-18(25)4-14-23)17-24(29)27-15-16-33-22-9-5-19(26)6-10-22/h3-14H,2,15-17H2,1H3,(H,27,29). The maximum atomic E-state index is 13.4. The van der Waals surface area contributed by atoms with Gasteiger partial charge in [-0.15, -0.1) is 0 Å². The van der Waals surface area contributed by atoms with Crippen LogP contribution in [0.3, 0.4) is 0 Å². The number of rotatable bonds is 11. The van der Waals surface area contributed by atoms with Crippen molar-refractivity contribution >= 4 is 49.1 Å². The molecular formula is C24H24BrClN2O5S. The first-order valence-corrected chi connectivity index (χ1v) is 13.1. The third kappa shape index (κ3) is 7.12. The fourth-order valence-electron chi connectivity index (χ4n) is 3.00. The minimum atomic E-state index is -4.00. The van der Waals surface area contributed by atoms with Gasteiger partial charge >= 0.3 is 0 Å². The molecule has 0 atom stereocenters. The first-order valence-electron chi connectivity index (χ1n) is 10.5. The van der Waals surface area contributed by atoms with Gasteiger partial charge in [0.15, 0.2) is 0 Å². The Bertz CT molecular complexity index is 1190. The molecule has 0 aliphatic rings. The fourth-order valence-corrected chi connectivity index (χ4v) is 4.81. The van der Waals surface area contributed by atoms with E-state index < -0.39 is 22.5 Å². The number of ether oxygens (including phenoxy) is 2. The summed E-state index contributed by atoms with van der Waals surface area (Å²) in [6, 6.07) is 19.7. The van der Waals surface area contributed by atoms with E-state index in [1.807, 2.05) is 6.92 Å². The SMILES string of the molecule is CCOc1ccc(N(CC(=O)NCCOc2ccc(Cl)cc2)S(=O)(=O)c2ccc(Br)cc2)cc1. The molecule has 3 aromatic rings. The highest BCUT2D eigenvalue weighted by Crippen LogP contribution is 2.26. The summed E-state index contributed by atoms with van der Waals surface area (Å²) in [6.07, 6.45) is 0. The number of amides is 1. The van der Waals surface area contributed by atoms with Gasteiger partial charge in [-0.1, -0.05) is 27.5 Å². The molecule has 0 saturated carbocycles. The minimum Gasteiger partial charge on any atom is -0.494 e. The Kier molecular flexibility index (Phi) is 9.20. The lowest BCUT2D eigenvalue weighted by Gasteiger charge is -2.24. The molecule has 0 aromatic heterocycles. The van der Waals surface area contributed by atoms with Crippen molar-refractivity contribution in [2.24, 2.45) is 0 Å². The van der Waals surface area contributed by atoms with Crippen LogP contribution >= 0.6 is 27.5 Å². The van der Waals surface area contributed by atoms with Crippen LogP contribution in [0.4, 0.5) is 5.69 Å². The van der Waals surface area contributed by atoms with Gasteiger partial charge in [0.1, 0.15) is 24.7 Å². The Morgan fingerprint density at radius 2 is 1.53 bits per heavy atom. The molecule has 180 valence electrons. The van der Waals surface area contributed by atoms with Crippen molar-refractivity contribution in [3.05, 3.63) is 82.3 Å². The molecule has 0 radical (unpaired) electrons. The molecule has 0 unspecified atom stereocenters. The zero-order valence-electron chi connectivity index (χ0n) is 18.4. The van der Waals surface area contributed by atoms with Crippen molar-refractivity contribution in [3.8, 4) is 11.5 Å². The van der Waals surface area contributed by atoms with E-state index in [-0.39, 0.29) is 18.0 Å². The second-order valence-electron chi connectivity index (χ2n) is 7.04. The molecule has 0 heterocycles. The van der Waals surface area contributed by atoms with Gasteiger partial charge in [-0.3, -0.25) is 9.10 Å². The summed E-state index contributed by atoms with van der Waals surface area (Å²) in [5, 5.41) is 3.30. The van der Waals surface area contributed by atoms with Crippen molar-refractivity contribution in [1.82, 2.24) is 5.32 Å². The highest BCUT2D eigenvalue weighted by Gasteiger charge is 2.27. The molecule has 3 rings (SSSR count). The highest BCUT2D eigenvalue weighted by molar-refractivity contribution is 9.10. The van der Waals surface area contributed by atoms with Crippen LogP contribution < -0.4 is 19.1 Å². The quantitative estimate of drug-likeness (QED) is 0.334. The monoisotopic (exact) mass is 566 g/mol. The van der Waals surface area contributed by atoms with Crippen LogP contribution in [-0.4, -0.2) is 40.6 Å². The third-order valence-corrected chi connectivity index (χ3v) is 7.20. The molecule has 10 heteroatoms. The molecule has 3 aromatic carbocycles. The molecule has 1 amide bonds. The lowest BCUT2D eigenvalue weighted by Crippen LogP contribution is -2.41. The number of nitrogens with one attached hydrogen (secondary N) is 1. The first kappa shape index (κ1) is 25.9. The fraction of sp³-hybridized carbons (Fsp3) is 0.208. The highest BCUT2D eigenvalue weighted by atomic mass is 79.9. The first-order chi connectivity index (χ1) is 16.3. The summed E-state index contributed by atoms with van der Waals surface area (Å²) in [5.74, 6) is 0.762. The average molecular weight is 568 g/mol. The Morgan fingerprint density at radius 1 is 0.941 bits per heavy atom. The summed E-state index contributed by atoms with van der Waals surface area (Å²) < 4.78 is 39.6. The summed E-state index contributed by atoms with van der Waals surface area (Å²) in [6.45, 7) is 2.38. The number of carbonyl (C=O) groups excluding carboxylic acids is 1. The molecule has 0 spiro atoms. The predicted molar refractivity (Wildman–Crippen MR) is 136 cm³/mol. The van der Waals surface area contributed by atoms with Crippen LogP contribution in [0, 0.1) is 0 Å². The molecule has 0 saturated heterocycles. The van der Waals surface area contributed by atoms with Crippen LogP contribution in [0.25, 0.3) is 0 Å². The predicted octanol–water partition coefficient (Wildman–Crippen LogP) is 4.89. The van der Waals surface area contributed by atoms with Crippen molar-refractivity contribution in [2.75, 3.05) is 30.6 Å². The zero-order valence-corrected chi connectivity index (χ0v) is 21.6. The smallest absolute Gasteiger partial charge is 0.264 e. The van der Waals surface area contributed by atoms with E-state index >= 15 is 0 Å². The van der Waals surface area contributed by atoms with E-state index in [1.165, 1.54) is 12.1 Å². The average Bonchev–Trinajstić information content (AvgIpc) is 2.82. The molecule has 0 fully saturated rings. The number of benzene rings is 3. The molecule has 1 N–H and O–H groups in total. The minimum absolute atomic E-state index is 0.0726. The van der Waals surface area contributed by atoms with Crippen LogP contribution in [0.1, 0.15) is 6.92 Å². The van der Waals surface area contributed by atoms with E-state index in [2.05, 4.69) is 21.2 Å². The van der Waals surface area contributed by atoms with Gasteiger partial charge in [-0.2, -0.15) is 0 Å². The van der Waals surface area contributed by atoms with Gasteiger partial charge in [0.25, 0.3) is 10.0 Å². The van der Waals surface area contributed by atoms with Gasteiger partial charge < -0.3 is 14.8 Å². The number of halogens is 2. The lowest BCUT2D eigenvalue weighted by molar-refractivity contribution is -0.119. The maximum absolute atomic E-state index is 13.4. The van der Waals surface area contributed by atoms with Gasteiger partial charge in [0.2, 0.25) is 5.91 Å². The zero-order chi connectivity index (χ0) is 24.6. The molecule has 0 bridgehead atoms. The molecular weight excluding hydrogens is 544 g/mol. The van der Waals surface area contributed by atoms with E-state index in [9.17, 15) is 13.2 Å². The third-order valence-electron chi connectivity index (χ3n) is 4.63. The number of hydrogen-bond donors (Lipinski definition) is 1. The largest absolute Gasteiger partial charge is 0.494 e. The van der Waals surface area contributed by atoms with Crippen molar-refractivity contribution in [3.63, 3.8) is 0 Å². The number of hydrogen-bond acceptors (Lipinski definition) is 5. The molecule has 0 aliphatic carbocycles. The number of anilines is 1. The van der Waals surface area contributed by atoms with E-state index in [0.29, 0.717) is 28.8 Å². The maximum Gasteiger partial charge on any atom is 0.264 e. The second-order valence-corrected chi connectivity index (χ2v) is 10.3. The van der Waals surface area contributed by atoms with E-state index in [0.717, 1.165) is 8.78 Å². The van der Waals surface area contributed by atoms with Gasteiger partial charge in [-0.05, 0) is 79.7 Å². The number of sulfonamides is 1.